The number of sulfonamides is 1. The maximum atomic E-state index is 12.9. The number of carbonyl (C=O) groups is 2. The van der Waals surface area contributed by atoms with Gasteiger partial charge in [0.2, 0.25) is 15.9 Å². The molecule has 0 bridgehead atoms. The van der Waals surface area contributed by atoms with Crippen LogP contribution in [-0.4, -0.2) is 55.6 Å². The Hall–Kier alpha value is -2.42. The predicted octanol–water partition coefficient (Wildman–Crippen LogP) is 3.76. The highest BCUT2D eigenvalue weighted by molar-refractivity contribution is 7.88. The molecule has 4 rings (SSSR count). The molecule has 0 atom stereocenters. The van der Waals surface area contributed by atoms with E-state index in [2.05, 4.69) is 5.32 Å². The van der Waals surface area contributed by atoms with Crippen LogP contribution in [0, 0.1) is 5.92 Å². The van der Waals surface area contributed by atoms with Crippen LogP contribution in [0.15, 0.2) is 48.5 Å². The Kier molecular flexibility index (Phi) is 7.36. The lowest BCUT2D eigenvalue weighted by Crippen LogP contribution is -2.42. The van der Waals surface area contributed by atoms with Gasteiger partial charge in [-0.15, -0.1) is 0 Å². The van der Waals surface area contributed by atoms with E-state index in [1.807, 2.05) is 4.90 Å². The van der Waals surface area contributed by atoms with E-state index in [1.54, 1.807) is 48.5 Å². The molecule has 1 N–H and O–H groups in total. The molecule has 9 heteroatoms. The lowest BCUT2D eigenvalue weighted by Gasteiger charge is -2.30. The minimum Gasteiger partial charge on any atom is -0.339 e. The summed E-state index contributed by atoms with van der Waals surface area (Å²) in [6.07, 6.45) is 2.85. The molecule has 2 aromatic rings. The number of hydrogen-bond donors (Lipinski definition) is 1. The standard InChI is InChI=1S/C24H28ClN3O4S/c25-21-9-3-1-7-19(21)17-33(31,32)28-15-11-18(12-16-28)23(29)26-22-10-4-2-8-20(22)24(30)27-13-5-6-14-27/h1-4,7-10,18H,5-6,11-17H2,(H,26,29). The third-order valence-electron chi connectivity index (χ3n) is 6.32. The molecular weight excluding hydrogens is 462 g/mol. The smallest absolute Gasteiger partial charge is 0.255 e. The molecule has 0 aromatic heterocycles. The third kappa shape index (κ3) is 5.57. The fraction of sp³-hybridized carbons (Fsp3) is 0.417. The molecule has 0 aliphatic carbocycles. The van der Waals surface area contributed by atoms with Gasteiger partial charge in [0, 0.05) is 37.1 Å². The summed E-state index contributed by atoms with van der Waals surface area (Å²) in [5.41, 5.74) is 1.57. The third-order valence-corrected chi connectivity index (χ3v) is 8.52. The van der Waals surface area contributed by atoms with Crippen molar-refractivity contribution in [3.05, 3.63) is 64.7 Å². The van der Waals surface area contributed by atoms with Crippen LogP contribution in [-0.2, 0) is 20.6 Å². The Morgan fingerprint density at radius 3 is 2.27 bits per heavy atom. The first-order chi connectivity index (χ1) is 15.8. The second kappa shape index (κ2) is 10.2. The summed E-state index contributed by atoms with van der Waals surface area (Å²) in [5, 5.41) is 3.34. The van der Waals surface area contributed by atoms with E-state index in [0.717, 1.165) is 25.9 Å². The van der Waals surface area contributed by atoms with Gasteiger partial charge < -0.3 is 10.2 Å². The number of halogens is 1. The average molecular weight is 490 g/mol. The summed E-state index contributed by atoms with van der Waals surface area (Å²) < 4.78 is 27.1. The molecule has 2 heterocycles. The van der Waals surface area contributed by atoms with Gasteiger partial charge in [-0.05, 0) is 49.4 Å². The molecular formula is C24H28ClN3O4S. The van der Waals surface area contributed by atoms with Gasteiger partial charge in [0.1, 0.15) is 0 Å². The summed E-state index contributed by atoms with van der Waals surface area (Å²) in [6, 6.07) is 14.0. The number of piperidine rings is 1. The highest BCUT2D eigenvalue weighted by Crippen LogP contribution is 2.26. The van der Waals surface area contributed by atoms with Crippen molar-refractivity contribution in [2.24, 2.45) is 5.92 Å². The Morgan fingerprint density at radius 2 is 1.58 bits per heavy atom. The van der Waals surface area contributed by atoms with Crippen LogP contribution in [0.2, 0.25) is 5.02 Å². The zero-order chi connectivity index (χ0) is 23.4. The van der Waals surface area contributed by atoms with Crippen molar-refractivity contribution in [1.29, 1.82) is 0 Å². The van der Waals surface area contributed by atoms with Crippen molar-refractivity contribution in [2.45, 2.75) is 31.4 Å². The summed E-state index contributed by atoms with van der Waals surface area (Å²) in [6.45, 7) is 2.03. The van der Waals surface area contributed by atoms with Crippen LogP contribution in [0.5, 0.6) is 0 Å². The SMILES string of the molecule is O=C(Nc1ccccc1C(=O)N1CCCC1)C1CCN(S(=O)(=O)Cc2ccccc2Cl)CC1. The van der Waals surface area contributed by atoms with Crippen molar-refractivity contribution < 1.29 is 18.0 Å². The zero-order valence-electron chi connectivity index (χ0n) is 18.4. The van der Waals surface area contributed by atoms with E-state index in [-0.39, 0.29) is 36.6 Å². The maximum Gasteiger partial charge on any atom is 0.255 e. The van der Waals surface area contributed by atoms with Crippen LogP contribution < -0.4 is 5.32 Å². The summed E-state index contributed by atoms with van der Waals surface area (Å²) >= 11 is 6.12. The molecule has 2 fully saturated rings. The quantitative estimate of drug-likeness (QED) is 0.669. The van der Waals surface area contributed by atoms with E-state index < -0.39 is 10.0 Å². The van der Waals surface area contributed by atoms with Crippen molar-refractivity contribution in [1.82, 2.24) is 9.21 Å². The van der Waals surface area contributed by atoms with E-state index in [1.165, 1.54) is 4.31 Å². The lowest BCUT2D eigenvalue weighted by molar-refractivity contribution is -0.120. The second-order valence-corrected chi connectivity index (χ2v) is 10.9. The molecule has 0 saturated carbocycles. The molecule has 0 unspecified atom stereocenters. The highest BCUT2D eigenvalue weighted by atomic mass is 35.5. The number of hydrogen-bond acceptors (Lipinski definition) is 4. The largest absolute Gasteiger partial charge is 0.339 e. The van der Waals surface area contributed by atoms with E-state index in [4.69, 9.17) is 11.6 Å². The number of amides is 2. The number of nitrogens with zero attached hydrogens (tertiary/aromatic N) is 2. The van der Waals surface area contributed by atoms with Gasteiger partial charge in [-0.25, -0.2) is 12.7 Å². The van der Waals surface area contributed by atoms with Gasteiger partial charge in [0.05, 0.1) is 17.0 Å². The number of benzene rings is 2. The van der Waals surface area contributed by atoms with Crippen molar-refractivity contribution in [3.8, 4) is 0 Å². The van der Waals surface area contributed by atoms with Gasteiger partial charge in [-0.2, -0.15) is 0 Å². The predicted molar refractivity (Wildman–Crippen MR) is 129 cm³/mol. The van der Waals surface area contributed by atoms with Crippen LogP contribution >= 0.6 is 11.6 Å². The van der Waals surface area contributed by atoms with Gasteiger partial charge >= 0.3 is 0 Å². The van der Waals surface area contributed by atoms with E-state index in [0.29, 0.717) is 34.7 Å². The molecule has 33 heavy (non-hydrogen) atoms. The van der Waals surface area contributed by atoms with Crippen LogP contribution in [0.3, 0.4) is 0 Å². The number of para-hydroxylation sites is 1. The topological polar surface area (TPSA) is 86.8 Å². The average Bonchev–Trinajstić information content (AvgIpc) is 3.35. The molecule has 2 amide bonds. The van der Waals surface area contributed by atoms with Crippen molar-refractivity contribution in [2.75, 3.05) is 31.5 Å². The minimum absolute atomic E-state index is 0.0658. The van der Waals surface area contributed by atoms with E-state index >= 15 is 0 Å². The summed E-state index contributed by atoms with van der Waals surface area (Å²) in [4.78, 5) is 27.6. The number of rotatable bonds is 6. The Labute approximate surface area is 199 Å². The van der Waals surface area contributed by atoms with E-state index in [9.17, 15) is 18.0 Å². The number of nitrogens with one attached hydrogen (secondary N) is 1. The fourth-order valence-corrected chi connectivity index (χ4v) is 6.28. The molecule has 176 valence electrons. The highest BCUT2D eigenvalue weighted by Gasteiger charge is 2.32. The normalized spacial score (nSPS) is 17.8. The molecule has 2 aliphatic heterocycles. The monoisotopic (exact) mass is 489 g/mol. The Bertz CT molecular complexity index is 1120. The van der Waals surface area contributed by atoms with Gasteiger partial charge in [0.25, 0.3) is 5.91 Å². The molecule has 2 saturated heterocycles. The molecule has 0 radical (unpaired) electrons. The fourth-order valence-electron chi connectivity index (χ4n) is 4.40. The van der Waals surface area contributed by atoms with Crippen LogP contribution in [0.25, 0.3) is 0 Å². The molecule has 2 aliphatic rings. The summed E-state index contributed by atoms with van der Waals surface area (Å²) in [7, 11) is -3.53. The summed E-state index contributed by atoms with van der Waals surface area (Å²) in [5.74, 6) is -0.717. The van der Waals surface area contributed by atoms with Gasteiger partial charge in [0.15, 0.2) is 0 Å². The second-order valence-electron chi connectivity index (χ2n) is 8.56. The van der Waals surface area contributed by atoms with Crippen molar-refractivity contribution >= 4 is 39.1 Å². The van der Waals surface area contributed by atoms with Crippen LogP contribution in [0.4, 0.5) is 5.69 Å². The first kappa shape index (κ1) is 23.7. The number of anilines is 1. The first-order valence-electron chi connectivity index (χ1n) is 11.3. The minimum atomic E-state index is -3.53. The number of carbonyl (C=O) groups excluding carboxylic acids is 2. The Morgan fingerprint density at radius 1 is 0.939 bits per heavy atom. The molecule has 2 aromatic carbocycles. The molecule has 0 spiro atoms. The maximum absolute atomic E-state index is 12.9. The lowest BCUT2D eigenvalue weighted by atomic mass is 9.97. The number of likely N-dealkylation sites (tertiary alicyclic amines) is 1. The first-order valence-corrected chi connectivity index (χ1v) is 13.2. The van der Waals surface area contributed by atoms with Crippen LogP contribution in [0.1, 0.15) is 41.6 Å². The molecule has 7 nitrogen and oxygen atoms in total. The zero-order valence-corrected chi connectivity index (χ0v) is 19.9. The van der Waals surface area contributed by atoms with Gasteiger partial charge in [-0.3, -0.25) is 9.59 Å². The Balaban J connectivity index is 1.36. The van der Waals surface area contributed by atoms with Crippen molar-refractivity contribution in [3.63, 3.8) is 0 Å². The van der Waals surface area contributed by atoms with Gasteiger partial charge in [-0.1, -0.05) is 41.9 Å².